The van der Waals surface area contributed by atoms with Crippen LogP contribution in [0.1, 0.15) is 99.8 Å². The summed E-state index contributed by atoms with van der Waals surface area (Å²) >= 11 is 0. The minimum Gasteiger partial charge on any atom is -0.454 e. The van der Waals surface area contributed by atoms with E-state index >= 15 is 4.79 Å². The highest BCUT2D eigenvalue weighted by Gasteiger charge is 2.74. The number of aliphatic hydroxyl groups excluding tert-OH is 14. The maximum absolute atomic E-state index is 15.4. The SMILES string of the molecule is CC(=O)OC1C(OC2C(OC(=O)C34CCC(C)(C)CC3C3=CCC5C6(C)CC(O)C(OC7OC(CO)C(O)C(O)C7O)C(CO)(CO)C6CCC5(C)C3(C)CC4O)OCC(O)C2O)OC(C)C(OC2OCC(O)C(O)C2O)C1O. The van der Waals surface area contributed by atoms with Crippen LogP contribution in [0.2, 0.25) is 0 Å². The Morgan fingerprint density at radius 3 is 1.90 bits per heavy atom. The van der Waals surface area contributed by atoms with Gasteiger partial charge < -0.3 is 114 Å². The molecule has 4 saturated carbocycles. The van der Waals surface area contributed by atoms with Crippen molar-refractivity contribution in [1.82, 2.24) is 0 Å². The van der Waals surface area contributed by atoms with Crippen molar-refractivity contribution in [3.8, 4) is 0 Å². The van der Waals surface area contributed by atoms with Crippen LogP contribution in [-0.4, -0.2) is 245 Å². The van der Waals surface area contributed by atoms with E-state index in [1.807, 2.05) is 6.92 Å². The second kappa shape index (κ2) is 22.4. The number of carbonyl (C=O) groups excluding carboxylic acids is 2. The van der Waals surface area contributed by atoms with Crippen molar-refractivity contribution < 1.29 is 124 Å². The normalized spacial score (nSPS) is 52.3. The standard InChI is InChI=1S/C54H86O25/c1-22-40(76-44-37(67)33(63)27(60)18-71-44)39(69)42(74-23(2)58)47(73-22)77-41-34(64)28(61)19-72-46(41)79-48(70)54-13-12-49(3,4)14-25(54)24-8-9-30-50(5)15-26(59)43(78-45-38(68)36(66)35(65)29(17-55)75-45)53(20-56,21-57)31(50)10-11-51(30,6)52(24,7)16-32(54)62/h8,22,25-47,55-57,59-69H,9-21H2,1-7H3. The molecule has 9 rings (SSSR count). The first-order valence-corrected chi connectivity index (χ1v) is 27.9. The fraction of sp³-hybridized carbons (Fsp3) is 0.926. The van der Waals surface area contributed by atoms with Gasteiger partial charge in [-0.15, -0.1) is 0 Å². The number of ether oxygens (including phenoxy) is 9. The summed E-state index contributed by atoms with van der Waals surface area (Å²) in [4.78, 5) is 27.9. The number of esters is 2. The molecule has 9 aliphatic rings. The number of hydrogen-bond donors (Lipinski definition) is 14. The lowest BCUT2D eigenvalue weighted by Gasteiger charge is -2.72. The molecule has 28 unspecified atom stereocenters. The van der Waals surface area contributed by atoms with Gasteiger partial charge in [0.05, 0.1) is 57.5 Å². The monoisotopic (exact) mass is 1130 g/mol. The highest BCUT2D eigenvalue weighted by molar-refractivity contribution is 5.80. The molecular formula is C54H86O25. The minimum absolute atomic E-state index is 0.0867. The van der Waals surface area contributed by atoms with Crippen LogP contribution in [0, 0.1) is 50.2 Å². The van der Waals surface area contributed by atoms with E-state index in [9.17, 15) is 76.3 Å². The molecule has 4 saturated heterocycles. The van der Waals surface area contributed by atoms with Crippen molar-refractivity contribution in [2.24, 2.45) is 50.2 Å². The third-order valence-electron chi connectivity index (χ3n) is 21.1. The average Bonchev–Trinajstić information content (AvgIpc) is 2.75. The summed E-state index contributed by atoms with van der Waals surface area (Å²) in [6.07, 6.45) is -28.5. The van der Waals surface area contributed by atoms with Crippen molar-refractivity contribution in [1.29, 1.82) is 0 Å². The Kier molecular flexibility index (Phi) is 17.4. The maximum Gasteiger partial charge on any atom is 0.317 e. The molecule has 25 nitrogen and oxygen atoms in total. The maximum atomic E-state index is 15.4. The number of rotatable bonds is 12. The van der Waals surface area contributed by atoms with Crippen molar-refractivity contribution in [2.45, 2.75) is 229 Å². The molecule has 452 valence electrons. The quantitative estimate of drug-likeness (QED) is 0.0518. The molecule has 28 atom stereocenters. The Morgan fingerprint density at radius 2 is 1.25 bits per heavy atom. The van der Waals surface area contributed by atoms with Gasteiger partial charge in [0.25, 0.3) is 0 Å². The van der Waals surface area contributed by atoms with Crippen LogP contribution in [0.3, 0.4) is 0 Å². The van der Waals surface area contributed by atoms with Crippen LogP contribution in [0.5, 0.6) is 0 Å². The van der Waals surface area contributed by atoms with Gasteiger partial charge in [0, 0.05) is 12.3 Å². The predicted octanol–water partition coefficient (Wildman–Crippen LogP) is -3.27. The van der Waals surface area contributed by atoms with E-state index in [-0.39, 0.29) is 30.6 Å². The molecule has 14 N–H and O–H groups in total. The topological polar surface area (TPSA) is 400 Å². The van der Waals surface area contributed by atoms with Gasteiger partial charge in [0.1, 0.15) is 72.6 Å². The lowest BCUT2D eigenvalue weighted by atomic mass is 9.33. The Labute approximate surface area is 458 Å². The molecule has 4 heterocycles. The third kappa shape index (κ3) is 9.95. The summed E-state index contributed by atoms with van der Waals surface area (Å²) in [5, 5.41) is 155. The summed E-state index contributed by atoms with van der Waals surface area (Å²) in [5.74, 6) is -3.11. The zero-order valence-electron chi connectivity index (χ0n) is 45.9. The Balaban J connectivity index is 0.986. The van der Waals surface area contributed by atoms with Crippen LogP contribution >= 0.6 is 0 Å². The first-order valence-electron chi connectivity index (χ1n) is 27.9. The number of hydrogen-bond acceptors (Lipinski definition) is 25. The van der Waals surface area contributed by atoms with Gasteiger partial charge in [-0.3, -0.25) is 9.59 Å². The number of aliphatic hydroxyl groups is 14. The largest absolute Gasteiger partial charge is 0.454 e. The van der Waals surface area contributed by atoms with Gasteiger partial charge in [-0.25, -0.2) is 0 Å². The van der Waals surface area contributed by atoms with E-state index in [4.69, 9.17) is 42.6 Å². The van der Waals surface area contributed by atoms with Gasteiger partial charge in [0.15, 0.2) is 31.1 Å². The fourth-order valence-electron chi connectivity index (χ4n) is 16.5. The third-order valence-corrected chi connectivity index (χ3v) is 21.1. The van der Waals surface area contributed by atoms with Gasteiger partial charge in [-0.05, 0) is 97.7 Å². The Hall–Kier alpha value is -2.16. The van der Waals surface area contributed by atoms with Crippen LogP contribution in [0.15, 0.2) is 11.6 Å². The first-order chi connectivity index (χ1) is 37.0. The molecule has 25 heteroatoms. The Morgan fingerprint density at radius 1 is 0.620 bits per heavy atom. The predicted molar refractivity (Wildman–Crippen MR) is 265 cm³/mol. The molecule has 0 aromatic rings. The first kappa shape index (κ1) is 61.4. The van der Waals surface area contributed by atoms with Crippen LogP contribution in [0.4, 0.5) is 0 Å². The van der Waals surface area contributed by atoms with E-state index in [0.29, 0.717) is 32.1 Å². The van der Waals surface area contributed by atoms with Gasteiger partial charge in [-0.1, -0.05) is 46.3 Å². The molecular weight excluding hydrogens is 1050 g/mol. The molecule has 4 aliphatic heterocycles. The van der Waals surface area contributed by atoms with Crippen LogP contribution in [-0.2, 0) is 52.2 Å². The smallest absolute Gasteiger partial charge is 0.317 e. The van der Waals surface area contributed by atoms with Crippen molar-refractivity contribution in [3.05, 3.63) is 11.6 Å². The number of fused-ring (bicyclic) bond motifs is 7. The highest BCUT2D eigenvalue weighted by Crippen LogP contribution is 2.76. The second-order valence-corrected chi connectivity index (χ2v) is 25.9. The summed E-state index contributed by atoms with van der Waals surface area (Å²) < 4.78 is 53.1. The van der Waals surface area contributed by atoms with Crippen molar-refractivity contribution >= 4 is 11.9 Å². The Bertz CT molecular complexity index is 2210. The second-order valence-electron chi connectivity index (χ2n) is 25.9. The van der Waals surface area contributed by atoms with Crippen molar-refractivity contribution in [2.75, 3.05) is 33.0 Å². The molecule has 0 amide bonds. The number of allylic oxidation sites excluding steroid dienone is 2. The van der Waals surface area contributed by atoms with E-state index in [2.05, 4.69) is 33.8 Å². The molecule has 0 radical (unpaired) electrons. The molecule has 79 heavy (non-hydrogen) atoms. The van der Waals surface area contributed by atoms with Crippen LogP contribution in [0.25, 0.3) is 0 Å². The summed E-state index contributed by atoms with van der Waals surface area (Å²) in [5.41, 5.74) is -4.72. The lowest BCUT2D eigenvalue weighted by Crippen LogP contribution is -2.71. The zero-order chi connectivity index (χ0) is 57.9. The van der Waals surface area contributed by atoms with Gasteiger partial charge in [-0.2, -0.15) is 0 Å². The van der Waals surface area contributed by atoms with Crippen LogP contribution < -0.4 is 0 Å². The van der Waals surface area contributed by atoms with Gasteiger partial charge in [0.2, 0.25) is 6.29 Å². The number of carbonyl (C=O) groups is 2. The molecule has 5 aliphatic carbocycles. The van der Waals surface area contributed by atoms with Gasteiger partial charge >= 0.3 is 11.9 Å². The average molecular weight is 1140 g/mol. The lowest BCUT2D eigenvalue weighted by molar-refractivity contribution is -0.369. The molecule has 0 aromatic heterocycles. The molecule has 0 aromatic carbocycles. The van der Waals surface area contributed by atoms with E-state index in [1.165, 1.54) is 6.92 Å². The fourth-order valence-corrected chi connectivity index (χ4v) is 16.5. The molecule has 8 fully saturated rings. The minimum atomic E-state index is -1.82. The summed E-state index contributed by atoms with van der Waals surface area (Å²) in [6.45, 7) is 10.0. The van der Waals surface area contributed by atoms with E-state index in [0.717, 1.165) is 12.5 Å². The molecule has 0 spiro atoms. The highest BCUT2D eigenvalue weighted by atomic mass is 16.8. The van der Waals surface area contributed by atoms with Crippen molar-refractivity contribution in [3.63, 3.8) is 0 Å². The van der Waals surface area contributed by atoms with E-state index < -0.39 is 213 Å². The zero-order valence-corrected chi connectivity index (χ0v) is 45.9. The van der Waals surface area contributed by atoms with E-state index in [1.54, 1.807) is 0 Å². The summed E-state index contributed by atoms with van der Waals surface area (Å²) in [7, 11) is 0. The molecule has 0 bridgehead atoms. The summed E-state index contributed by atoms with van der Waals surface area (Å²) in [6, 6.07) is 0.